The molecule has 3 rings (SSSR count). The number of carbonyl (C=O) groups is 2. The van der Waals surface area contributed by atoms with Crippen LogP contribution in [0, 0.1) is 12.8 Å². The number of rotatable bonds is 4. The smallest absolute Gasteiger partial charge is 0.236 e. The second kappa shape index (κ2) is 6.70. The van der Waals surface area contributed by atoms with Crippen LogP contribution in [0.15, 0.2) is 10.6 Å². The van der Waals surface area contributed by atoms with Gasteiger partial charge in [-0.05, 0) is 39.2 Å². The summed E-state index contributed by atoms with van der Waals surface area (Å²) in [4.78, 5) is 27.8. The van der Waals surface area contributed by atoms with Crippen molar-refractivity contribution in [3.8, 4) is 0 Å². The maximum atomic E-state index is 12.5. The number of piperidine rings is 1. The summed E-state index contributed by atoms with van der Waals surface area (Å²) in [6.07, 6.45) is 3.39. The molecule has 7 heteroatoms. The molecule has 0 radical (unpaired) electrons. The van der Waals surface area contributed by atoms with Crippen molar-refractivity contribution in [1.29, 1.82) is 0 Å². The summed E-state index contributed by atoms with van der Waals surface area (Å²) in [6, 6.07) is 2.09. The summed E-state index contributed by atoms with van der Waals surface area (Å²) >= 11 is 0. The predicted molar refractivity (Wildman–Crippen MR) is 83.3 cm³/mol. The van der Waals surface area contributed by atoms with Gasteiger partial charge in [-0.3, -0.25) is 14.5 Å². The van der Waals surface area contributed by atoms with E-state index < -0.39 is 0 Å². The molecule has 126 valence electrons. The second-order valence-electron chi connectivity index (χ2n) is 6.56. The fourth-order valence-corrected chi connectivity index (χ4v) is 3.57. The summed E-state index contributed by atoms with van der Waals surface area (Å²) in [5.74, 6) is 0.629. The molecule has 2 amide bonds. The quantitative estimate of drug-likeness (QED) is 0.887. The Kier molecular flexibility index (Phi) is 4.66. The SMILES string of the molecule is Cc1cc([C@@H]2CCCN2CC(=O)N2CCC(C(N)=O)CC2)on1. The van der Waals surface area contributed by atoms with E-state index >= 15 is 0 Å². The summed E-state index contributed by atoms with van der Waals surface area (Å²) in [5, 5.41) is 3.95. The summed E-state index contributed by atoms with van der Waals surface area (Å²) < 4.78 is 5.38. The Balaban J connectivity index is 1.56. The Hall–Kier alpha value is -1.89. The van der Waals surface area contributed by atoms with Crippen LogP contribution in [0.4, 0.5) is 0 Å². The number of aromatic nitrogens is 1. The lowest BCUT2D eigenvalue weighted by molar-refractivity contribution is -0.136. The molecule has 3 heterocycles. The van der Waals surface area contributed by atoms with Crippen LogP contribution in [-0.4, -0.2) is 52.9 Å². The first-order valence-corrected chi connectivity index (χ1v) is 8.29. The van der Waals surface area contributed by atoms with E-state index in [0.29, 0.717) is 32.5 Å². The number of likely N-dealkylation sites (tertiary alicyclic amines) is 2. The van der Waals surface area contributed by atoms with Crippen molar-refractivity contribution in [3.63, 3.8) is 0 Å². The van der Waals surface area contributed by atoms with Crippen LogP contribution in [-0.2, 0) is 9.59 Å². The molecule has 1 aromatic rings. The Labute approximate surface area is 135 Å². The third-order valence-corrected chi connectivity index (χ3v) is 4.93. The average Bonchev–Trinajstić information content (AvgIpc) is 3.16. The number of carbonyl (C=O) groups excluding carboxylic acids is 2. The number of aryl methyl sites for hydroxylation is 1. The van der Waals surface area contributed by atoms with Gasteiger partial charge in [0.15, 0.2) is 5.76 Å². The van der Waals surface area contributed by atoms with E-state index in [9.17, 15) is 9.59 Å². The van der Waals surface area contributed by atoms with Crippen LogP contribution in [0.2, 0.25) is 0 Å². The third kappa shape index (κ3) is 3.55. The molecule has 0 bridgehead atoms. The zero-order chi connectivity index (χ0) is 16.4. The number of nitrogens with zero attached hydrogens (tertiary/aromatic N) is 3. The lowest BCUT2D eigenvalue weighted by atomic mass is 9.96. The molecular weight excluding hydrogens is 296 g/mol. The number of nitrogens with two attached hydrogens (primary N) is 1. The Bertz CT molecular complexity index is 578. The zero-order valence-electron chi connectivity index (χ0n) is 13.5. The highest BCUT2D eigenvalue weighted by Crippen LogP contribution is 2.32. The van der Waals surface area contributed by atoms with Crippen molar-refractivity contribution < 1.29 is 14.1 Å². The van der Waals surface area contributed by atoms with E-state index in [1.54, 1.807) is 0 Å². The molecule has 2 aliphatic rings. The van der Waals surface area contributed by atoms with Gasteiger partial charge in [-0.15, -0.1) is 0 Å². The molecule has 2 saturated heterocycles. The monoisotopic (exact) mass is 320 g/mol. The number of hydrogen-bond acceptors (Lipinski definition) is 5. The van der Waals surface area contributed by atoms with Gasteiger partial charge in [0.1, 0.15) is 0 Å². The van der Waals surface area contributed by atoms with E-state index in [-0.39, 0.29) is 23.8 Å². The molecule has 0 spiro atoms. The molecule has 7 nitrogen and oxygen atoms in total. The van der Waals surface area contributed by atoms with E-state index in [2.05, 4.69) is 10.1 Å². The average molecular weight is 320 g/mol. The van der Waals surface area contributed by atoms with E-state index in [1.165, 1.54) is 0 Å². The highest BCUT2D eigenvalue weighted by molar-refractivity contribution is 5.80. The van der Waals surface area contributed by atoms with Gasteiger partial charge in [0.2, 0.25) is 11.8 Å². The van der Waals surface area contributed by atoms with Crippen molar-refractivity contribution in [1.82, 2.24) is 15.0 Å². The Morgan fingerprint density at radius 3 is 2.65 bits per heavy atom. The summed E-state index contributed by atoms with van der Waals surface area (Å²) in [6.45, 7) is 4.43. The van der Waals surface area contributed by atoms with Crippen LogP contribution in [0.3, 0.4) is 0 Å². The van der Waals surface area contributed by atoms with Gasteiger partial charge in [-0.25, -0.2) is 0 Å². The van der Waals surface area contributed by atoms with Crippen molar-refractivity contribution >= 4 is 11.8 Å². The van der Waals surface area contributed by atoms with Gasteiger partial charge in [-0.1, -0.05) is 5.16 Å². The first kappa shape index (κ1) is 16.0. The topological polar surface area (TPSA) is 92.7 Å². The van der Waals surface area contributed by atoms with Crippen LogP contribution in [0.5, 0.6) is 0 Å². The van der Waals surface area contributed by atoms with Crippen LogP contribution in [0.1, 0.15) is 43.2 Å². The van der Waals surface area contributed by atoms with E-state index in [0.717, 1.165) is 30.8 Å². The molecule has 2 fully saturated rings. The number of amides is 2. The maximum Gasteiger partial charge on any atom is 0.236 e. The van der Waals surface area contributed by atoms with E-state index in [1.807, 2.05) is 17.9 Å². The molecular formula is C16H24N4O3. The van der Waals surface area contributed by atoms with Gasteiger partial charge in [0, 0.05) is 25.1 Å². The molecule has 0 aromatic carbocycles. The normalized spacial score (nSPS) is 23.3. The summed E-state index contributed by atoms with van der Waals surface area (Å²) in [7, 11) is 0. The molecule has 0 aliphatic carbocycles. The van der Waals surface area contributed by atoms with Gasteiger partial charge >= 0.3 is 0 Å². The fraction of sp³-hybridized carbons (Fsp3) is 0.688. The summed E-state index contributed by atoms with van der Waals surface area (Å²) in [5.41, 5.74) is 6.21. The lowest BCUT2D eigenvalue weighted by Crippen LogP contribution is -2.45. The standard InChI is InChI=1S/C16H24N4O3/c1-11-9-14(23-18-11)13-3-2-6-20(13)10-15(21)19-7-4-12(5-8-19)16(17)22/h9,12-13H,2-8,10H2,1H3,(H2,17,22)/t13-/m0/s1. The van der Waals surface area contributed by atoms with Crippen molar-refractivity contribution in [3.05, 3.63) is 17.5 Å². The van der Waals surface area contributed by atoms with E-state index in [4.69, 9.17) is 10.3 Å². The van der Waals surface area contributed by atoms with Gasteiger partial charge in [0.25, 0.3) is 0 Å². The zero-order valence-corrected chi connectivity index (χ0v) is 13.5. The molecule has 23 heavy (non-hydrogen) atoms. The molecule has 0 unspecified atom stereocenters. The highest BCUT2D eigenvalue weighted by atomic mass is 16.5. The number of hydrogen-bond donors (Lipinski definition) is 1. The molecule has 1 aromatic heterocycles. The lowest BCUT2D eigenvalue weighted by Gasteiger charge is -2.32. The van der Waals surface area contributed by atoms with Crippen molar-refractivity contribution in [2.24, 2.45) is 11.7 Å². The van der Waals surface area contributed by atoms with Crippen LogP contribution >= 0.6 is 0 Å². The fourth-order valence-electron chi connectivity index (χ4n) is 3.57. The highest BCUT2D eigenvalue weighted by Gasteiger charge is 2.33. The minimum absolute atomic E-state index is 0.0873. The molecule has 2 aliphatic heterocycles. The first-order valence-electron chi connectivity index (χ1n) is 8.29. The Morgan fingerprint density at radius 2 is 2.04 bits per heavy atom. The van der Waals surface area contributed by atoms with Gasteiger partial charge < -0.3 is 15.2 Å². The van der Waals surface area contributed by atoms with Crippen molar-refractivity contribution in [2.45, 2.75) is 38.6 Å². The second-order valence-corrected chi connectivity index (χ2v) is 6.56. The Morgan fingerprint density at radius 1 is 1.30 bits per heavy atom. The van der Waals surface area contributed by atoms with Crippen LogP contribution < -0.4 is 5.73 Å². The van der Waals surface area contributed by atoms with Gasteiger partial charge in [0.05, 0.1) is 18.3 Å². The predicted octanol–water partition coefficient (Wildman–Crippen LogP) is 0.844. The minimum atomic E-state index is -0.252. The number of primary amides is 1. The molecule has 2 N–H and O–H groups in total. The largest absolute Gasteiger partial charge is 0.369 e. The van der Waals surface area contributed by atoms with Crippen molar-refractivity contribution in [2.75, 3.05) is 26.2 Å². The molecule has 0 saturated carbocycles. The van der Waals surface area contributed by atoms with Crippen LogP contribution in [0.25, 0.3) is 0 Å². The first-order chi connectivity index (χ1) is 11.0. The maximum absolute atomic E-state index is 12.5. The molecule has 1 atom stereocenters. The minimum Gasteiger partial charge on any atom is -0.369 e. The van der Waals surface area contributed by atoms with Gasteiger partial charge in [-0.2, -0.15) is 0 Å². The third-order valence-electron chi connectivity index (χ3n) is 4.93.